The third kappa shape index (κ3) is 2.71. The minimum Gasteiger partial charge on any atom is -0.266 e. The summed E-state index contributed by atoms with van der Waals surface area (Å²) in [6, 6.07) is 1.56. The average molecular weight is 319 g/mol. The molecule has 0 amide bonds. The van der Waals surface area contributed by atoms with Crippen LogP contribution in [0.4, 0.5) is 13.2 Å². The minimum absolute atomic E-state index is 0.0619. The summed E-state index contributed by atoms with van der Waals surface area (Å²) in [6.07, 6.45) is -2.65. The molecule has 1 fully saturated rings. The molecule has 2 atom stereocenters. The van der Waals surface area contributed by atoms with E-state index in [9.17, 15) is 13.2 Å². The number of hydrogen-bond donors (Lipinski definition) is 0. The molecule has 0 N–H and O–H groups in total. The Bertz CT molecular complexity index is 667. The summed E-state index contributed by atoms with van der Waals surface area (Å²) >= 11 is 5.86. The van der Waals surface area contributed by atoms with Crippen molar-refractivity contribution in [3.05, 3.63) is 22.9 Å². The number of hydrogen-bond acceptors (Lipinski definition) is 3. The second-order valence-electron chi connectivity index (χ2n) is 5.48. The Morgan fingerprint density at radius 1 is 1.29 bits per heavy atom. The lowest BCUT2D eigenvalue weighted by atomic mass is 9.80. The Labute approximate surface area is 124 Å². The summed E-state index contributed by atoms with van der Waals surface area (Å²) in [4.78, 5) is 4.12. The van der Waals surface area contributed by atoms with E-state index in [1.54, 1.807) is 17.4 Å². The van der Waals surface area contributed by atoms with Crippen molar-refractivity contribution in [3.8, 4) is 0 Å². The lowest BCUT2D eigenvalue weighted by Crippen LogP contribution is -2.28. The van der Waals surface area contributed by atoms with Crippen molar-refractivity contribution in [2.24, 2.45) is 5.92 Å². The first-order chi connectivity index (χ1) is 9.86. The van der Waals surface area contributed by atoms with E-state index in [0.717, 1.165) is 0 Å². The molecule has 2 aromatic rings. The monoisotopic (exact) mass is 318 g/mol. The fraction of sp³-hybridized carbons (Fsp3) is 0.615. The van der Waals surface area contributed by atoms with Gasteiger partial charge in [0.1, 0.15) is 16.8 Å². The highest BCUT2D eigenvalue weighted by molar-refractivity contribution is 6.29. The van der Waals surface area contributed by atoms with Gasteiger partial charge in [-0.25, -0.2) is 4.98 Å². The largest absolute Gasteiger partial charge is 0.391 e. The van der Waals surface area contributed by atoms with Crippen LogP contribution in [-0.2, 0) is 0 Å². The van der Waals surface area contributed by atoms with Gasteiger partial charge < -0.3 is 0 Å². The number of alkyl halides is 3. The van der Waals surface area contributed by atoms with E-state index in [0.29, 0.717) is 35.3 Å². The zero-order chi connectivity index (χ0) is 15.2. The Morgan fingerprint density at radius 3 is 2.76 bits per heavy atom. The van der Waals surface area contributed by atoms with Crippen LogP contribution in [0.1, 0.15) is 43.3 Å². The average Bonchev–Trinajstić information content (AvgIpc) is 2.82. The van der Waals surface area contributed by atoms with E-state index in [-0.39, 0.29) is 18.8 Å². The first kappa shape index (κ1) is 14.6. The molecule has 4 nitrogen and oxygen atoms in total. The molecule has 1 aliphatic rings. The van der Waals surface area contributed by atoms with Crippen LogP contribution in [-0.4, -0.2) is 25.8 Å². The number of aromatic nitrogens is 4. The molecule has 0 aliphatic heterocycles. The summed E-state index contributed by atoms with van der Waals surface area (Å²) in [5.74, 6) is -0.363. The van der Waals surface area contributed by atoms with Crippen molar-refractivity contribution >= 4 is 17.2 Å². The van der Waals surface area contributed by atoms with Gasteiger partial charge in [0, 0.05) is 12.0 Å². The first-order valence-corrected chi connectivity index (χ1v) is 7.19. The van der Waals surface area contributed by atoms with Gasteiger partial charge in [-0.15, -0.1) is 10.2 Å². The van der Waals surface area contributed by atoms with E-state index in [4.69, 9.17) is 11.6 Å². The first-order valence-electron chi connectivity index (χ1n) is 6.81. The SMILES string of the molecule is Cc1nc(Cl)cc2nnc(C3CCCC(C(F)(F)F)C3)n12. The number of nitrogens with zero attached hydrogens (tertiary/aromatic N) is 4. The highest BCUT2D eigenvalue weighted by Crippen LogP contribution is 2.43. The van der Waals surface area contributed by atoms with E-state index < -0.39 is 12.1 Å². The molecular formula is C13H14ClF3N4. The van der Waals surface area contributed by atoms with Gasteiger partial charge in [0.25, 0.3) is 0 Å². The van der Waals surface area contributed by atoms with Crippen molar-refractivity contribution in [2.75, 3.05) is 0 Å². The van der Waals surface area contributed by atoms with Crippen LogP contribution in [0.3, 0.4) is 0 Å². The Morgan fingerprint density at radius 2 is 2.05 bits per heavy atom. The third-order valence-electron chi connectivity index (χ3n) is 4.06. The summed E-state index contributed by atoms with van der Waals surface area (Å²) in [5, 5.41) is 8.40. The number of halogens is 4. The van der Waals surface area contributed by atoms with Gasteiger partial charge in [-0.1, -0.05) is 18.0 Å². The van der Waals surface area contributed by atoms with Crippen molar-refractivity contribution in [2.45, 2.75) is 44.7 Å². The maximum Gasteiger partial charge on any atom is 0.391 e. The van der Waals surface area contributed by atoms with Crippen molar-refractivity contribution in [1.82, 2.24) is 19.6 Å². The molecule has 0 radical (unpaired) electrons. The maximum atomic E-state index is 12.9. The van der Waals surface area contributed by atoms with Gasteiger partial charge in [-0.3, -0.25) is 4.40 Å². The molecule has 1 aliphatic carbocycles. The lowest BCUT2D eigenvalue weighted by Gasteiger charge is -2.29. The van der Waals surface area contributed by atoms with Gasteiger partial charge in [0.05, 0.1) is 5.92 Å². The van der Waals surface area contributed by atoms with Crippen LogP contribution >= 0.6 is 11.6 Å². The predicted octanol–water partition coefficient (Wildman–Crippen LogP) is 3.92. The van der Waals surface area contributed by atoms with E-state index >= 15 is 0 Å². The van der Waals surface area contributed by atoms with Crippen LogP contribution in [0.25, 0.3) is 5.65 Å². The van der Waals surface area contributed by atoms with Gasteiger partial charge in [0.15, 0.2) is 5.65 Å². The molecule has 3 rings (SSSR count). The van der Waals surface area contributed by atoms with Gasteiger partial charge in [-0.05, 0) is 26.2 Å². The Kier molecular flexibility index (Phi) is 3.55. The van der Waals surface area contributed by atoms with Crippen LogP contribution in [0.2, 0.25) is 5.15 Å². The summed E-state index contributed by atoms with van der Waals surface area (Å²) in [7, 11) is 0. The Hall–Kier alpha value is -1.37. The van der Waals surface area contributed by atoms with Crippen molar-refractivity contribution in [1.29, 1.82) is 0 Å². The minimum atomic E-state index is -4.14. The smallest absolute Gasteiger partial charge is 0.266 e. The second-order valence-corrected chi connectivity index (χ2v) is 5.87. The molecule has 2 aromatic heterocycles. The van der Waals surface area contributed by atoms with Crippen LogP contribution in [0.5, 0.6) is 0 Å². The second kappa shape index (κ2) is 5.12. The molecular weight excluding hydrogens is 305 g/mol. The molecule has 8 heteroatoms. The summed E-state index contributed by atoms with van der Waals surface area (Å²) < 4.78 is 40.5. The molecule has 114 valence electrons. The lowest BCUT2D eigenvalue weighted by molar-refractivity contribution is -0.183. The van der Waals surface area contributed by atoms with E-state index in [2.05, 4.69) is 15.2 Å². The fourth-order valence-electron chi connectivity index (χ4n) is 3.06. The van der Waals surface area contributed by atoms with Crippen molar-refractivity contribution in [3.63, 3.8) is 0 Å². The molecule has 21 heavy (non-hydrogen) atoms. The van der Waals surface area contributed by atoms with E-state index in [1.165, 1.54) is 0 Å². The van der Waals surface area contributed by atoms with Crippen molar-refractivity contribution < 1.29 is 13.2 Å². The number of rotatable bonds is 1. The molecule has 0 spiro atoms. The zero-order valence-electron chi connectivity index (χ0n) is 11.4. The standard InChI is InChI=1S/C13H14ClF3N4/c1-7-18-10(14)6-11-19-20-12(21(7)11)8-3-2-4-9(5-8)13(15,16)17/h6,8-9H,2-5H2,1H3. The normalized spacial score (nSPS) is 23.7. The highest BCUT2D eigenvalue weighted by Gasteiger charge is 2.43. The van der Waals surface area contributed by atoms with Gasteiger partial charge in [-0.2, -0.15) is 13.2 Å². The number of aryl methyl sites for hydroxylation is 1. The van der Waals surface area contributed by atoms with Crippen LogP contribution < -0.4 is 0 Å². The highest BCUT2D eigenvalue weighted by atomic mass is 35.5. The summed E-state index contributed by atoms with van der Waals surface area (Å²) in [5.41, 5.74) is 0.525. The quantitative estimate of drug-likeness (QED) is 0.748. The zero-order valence-corrected chi connectivity index (χ0v) is 12.1. The fourth-order valence-corrected chi connectivity index (χ4v) is 3.28. The van der Waals surface area contributed by atoms with Crippen LogP contribution in [0.15, 0.2) is 6.07 Å². The molecule has 1 saturated carbocycles. The molecule has 0 bridgehead atoms. The predicted molar refractivity (Wildman–Crippen MR) is 71.3 cm³/mol. The van der Waals surface area contributed by atoms with Gasteiger partial charge in [0.2, 0.25) is 0 Å². The Balaban J connectivity index is 1.97. The molecule has 0 saturated heterocycles. The molecule has 0 aromatic carbocycles. The van der Waals surface area contributed by atoms with Gasteiger partial charge >= 0.3 is 6.18 Å². The molecule has 2 heterocycles. The topological polar surface area (TPSA) is 43.1 Å². The van der Waals surface area contributed by atoms with E-state index in [1.807, 2.05) is 0 Å². The number of fused-ring (bicyclic) bond motifs is 1. The third-order valence-corrected chi connectivity index (χ3v) is 4.25. The molecule has 2 unspecified atom stereocenters. The summed E-state index contributed by atoms with van der Waals surface area (Å²) in [6.45, 7) is 1.75. The maximum absolute atomic E-state index is 12.9. The van der Waals surface area contributed by atoms with Crippen LogP contribution in [0, 0.1) is 12.8 Å².